The van der Waals surface area contributed by atoms with Gasteiger partial charge in [-0.25, -0.2) is 4.98 Å². The summed E-state index contributed by atoms with van der Waals surface area (Å²) in [5.74, 6) is 1.56. The Kier molecular flexibility index (Phi) is 6.04. The smallest absolute Gasteiger partial charge is 0.223 e. The maximum atomic E-state index is 6.70. The van der Waals surface area contributed by atoms with E-state index >= 15 is 0 Å². The lowest BCUT2D eigenvalue weighted by molar-refractivity contribution is 0.403. The van der Waals surface area contributed by atoms with Gasteiger partial charge in [0.25, 0.3) is 0 Å². The van der Waals surface area contributed by atoms with Gasteiger partial charge in [-0.05, 0) is 93.5 Å². The van der Waals surface area contributed by atoms with Crippen LogP contribution in [0.1, 0.15) is 25.0 Å². The summed E-state index contributed by atoms with van der Waals surface area (Å²) in [7, 11) is 0. The van der Waals surface area contributed by atoms with Crippen molar-refractivity contribution in [2.45, 2.75) is 19.3 Å². The fourth-order valence-corrected chi connectivity index (χ4v) is 9.13. The van der Waals surface area contributed by atoms with E-state index in [1.54, 1.807) is 0 Å². The van der Waals surface area contributed by atoms with Gasteiger partial charge in [0.1, 0.15) is 5.75 Å². The van der Waals surface area contributed by atoms with Gasteiger partial charge >= 0.3 is 0 Å². The van der Waals surface area contributed by atoms with Gasteiger partial charge in [0.15, 0.2) is 0 Å². The molecule has 0 saturated carbocycles. The Morgan fingerprint density at radius 3 is 1.40 bits per heavy atom. The third-order valence-electron chi connectivity index (χ3n) is 11.6. The molecule has 0 amide bonds. The van der Waals surface area contributed by atoms with Crippen molar-refractivity contribution in [3.05, 3.63) is 175 Å². The molecular weight excluding hydrogens is 631 g/mol. The zero-order valence-electron chi connectivity index (χ0n) is 28.9. The first-order chi connectivity index (χ1) is 25.6. The number of hydrogen-bond acceptors (Lipinski definition) is 2. The molecule has 2 aliphatic carbocycles. The first kappa shape index (κ1) is 29.2. The SMILES string of the molecule is CC1(C)c2cccnc2Oc2c(-c3ccc4c(c3)c3cccc5c3-c3c(cccc3c3ccccc34)c3ccccc3c3ccccc53)cccc21. The van der Waals surface area contributed by atoms with E-state index in [1.165, 1.54) is 81.3 Å². The molecule has 0 fully saturated rings. The fraction of sp³-hybridized carbons (Fsp3) is 0.0600. The molecule has 2 nitrogen and oxygen atoms in total. The van der Waals surface area contributed by atoms with Crippen molar-refractivity contribution in [3.63, 3.8) is 0 Å². The van der Waals surface area contributed by atoms with E-state index in [1.807, 2.05) is 12.3 Å². The number of fused-ring (bicyclic) bond motifs is 12. The van der Waals surface area contributed by atoms with E-state index in [-0.39, 0.29) is 5.41 Å². The molecule has 0 radical (unpaired) electrons. The molecule has 0 bridgehead atoms. The average Bonchev–Trinajstić information content (AvgIpc) is 3.19. The van der Waals surface area contributed by atoms with Gasteiger partial charge in [-0.15, -0.1) is 0 Å². The molecule has 1 aliphatic heterocycles. The lowest BCUT2D eigenvalue weighted by Crippen LogP contribution is -2.25. The first-order valence-electron chi connectivity index (χ1n) is 18.0. The van der Waals surface area contributed by atoms with Crippen LogP contribution in [0.2, 0.25) is 0 Å². The zero-order valence-corrected chi connectivity index (χ0v) is 28.9. The van der Waals surface area contributed by atoms with Crippen molar-refractivity contribution in [1.29, 1.82) is 0 Å². The summed E-state index contributed by atoms with van der Waals surface area (Å²) in [6.07, 6.45) is 1.82. The molecule has 0 spiro atoms. The number of para-hydroxylation sites is 1. The van der Waals surface area contributed by atoms with Gasteiger partial charge in [0.2, 0.25) is 5.88 Å². The number of benzene rings is 7. The summed E-state index contributed by atoms with van der Waals surface area (Å²) in [5, 5.41) is 14.9. The van der Waals surface area contributed by atoms with E-state index in [2.05, 4.69) is 170 Å². The molecule has 7 aromatic carbocycles. The summed E-state index contributed by atoms with van der Waals surface area (Å²) in [6, 6.07) is 58.2. The largest absolute Gasteiger partial charge is 0.438 e. The number of ether oxygens (including phenoxy) is 1. The highest BCUT2D eigenvalue weighted by molar-refractivity contribution is 6.31. The van der Waals surface area contributed by atoms with Crippen LogP contribution in [0.25, 0.3) is 86.9 Å². The Morgan fingerprint density at radius 2 is 0.846 bits per heavy atom. The van der Waals surface area contributed by atoms with Gasteiger partial charge < -0.3 is 4.74 Å². The second-order valence-corrected chi connectivity index (χ2v) is 14.6. The normalized spacial score (nSPS) is 13.5. The number of pyridine rings is 1. The number of rotatable bonds is 1. The van der Waals surface area contributed by atoms with Crippen LogP contribution in [0.4, 0.5) is 0 Å². The second-order valence-electron chi connectivity index (χ2n) is 14.6. The van der Waals surface area contributed by atoms with Crippen LogP contribution in [-0.2, 0) is 5.41 Å². The van der Waals surface area contributed by atoms with Crippen LogP contribution in [0.15, 0.2) is 164 Å². The first-order valence-corrected chi connectivity index (χ1v) is 18.0. The van der Waals surface area contributed by atoms with E-state index in [0.29, 0.717) is 5.88 Å². The number of aromatic nitrogens is 1. The monoisotopic (exact) mass is 663 g/mol. The second kappa shape index (κ2) is 10.7. The molecule has 3 aliphatic rings. The quantitative estimate of drug-likeness (QED) is 0.174. The van der Waals surface area contributed by atoms with E-state index < -0.39 is 0 Å². The topological polar surface area (TPSA) is 22.1 Å². The molecule has 0 N–H and O–H groups in total. The number of nitrogens with zero attached hydrogens (tertiary/aromatic N) is 1. The van der Waals surface area contributed by atoms with E-state index in [4.69, 9.17) is 4.74 Å². The van der Waals surface area contributed by atoms with Crippen LogP contribution in [-0.4, -0.2) is 4.98 Å². The highest BCUT2D eigenvalue weighted by Gasteiger charge is 2.36. The summed E-state index contributed by atoms with van der Waals surface area (Å²) in [6.45, 7) is 4.53. The molecule has 2 heterocycles. The third kappa shape index (κ3) is 3.98. The predicted octanol–water partition coefficient (Wildman–Crippen LogP) is 13.8. The Morgan fingerprint density at radius 1 is 0.404 bits per heavy atom. The molecule has 0 unspecified atom stereocenters. The van der Waals surface area contributed by atoms with Crippen molar-refractivity contribution < 1.29 is 4.74 Å². The lowest BCUT2D eigenvalue weighted by atomic mass is 9.75. The molecule has 0 atom stereocenters. The van der Waals surface area contributed by atoms with Crippen molar-refractivity contribution in [2.24, 2.45) is 0 Å². The maximum absolute atomic E-state index is 6.70. The molecule has 0 saturated heterocycles. The fourth-order valence-electron chi connectivity index (χ4n) is 9.13. The lowest BCUT2D eigenvalue weighted by Gasteiger charge is -2.34. The molecule has 11 rings (SSSR count). The average molecular weight is 664 g/mol. The summed E-state index contributed by atoms with van der Waals surface area (Å²) in [4.78, 5) is 4.67. The minimum Gasteiger partial charge on any atom is -0.438 e. The van der Waals surface area contributed by atoms with Gasteiger partial charge in [-0.2, -0.15) is 0 Å². The van der Waals surface area contributed by atoms with Gasteiger partial charge in [0.05, 0.1) is 0 Å². The molecular formula is C50H33NO. The maximum Gasteiger partial charge on any atom is 0.223 e. The van der Waals surface area contributed by atoms with Crippen molar-refractivity contribution in [1.82, 2.24) is 4.98 Å². The third-order valence-corrected chi connectivity index (χ3v) is 11.6. The van der Waals surface area contributed by atoms with Gasteiger partial charge in [-0.1, -0.05) is 159 Å². The molecule has 244 valence electrons. The van der Waals surface area contributed by atoms with E-state index in [9.17, 15) is 0 Å². The number of hydrogen-bond donors (Lipinski definition) is 0. The summed E-state index contributed by atoms with van der Waals surface area (Å²) < 4.78 is 6.70. The Bertz CT molecular complexity index is 3130. The van der Waals surface area contributed by atoms with Crippen LogP contribution in [0.5, 0.6) is 11.6 Å². The van der Waals surface area contributed by atoms with Crippen molar-refractivity contribution >= 4 is 64.6 Å². The summed E-state index contributed by atoms with van der Waals surface area (Å²) >= 11 is 0. The minimum atomic E-state index is -0.255. The van der Waals surface area contributed by atoms with Crippen LogP contribution in [0.3, 0.4) is 0 Å². The molecule has 8 aromatic rings. The van der Waals surface area contributed by atoms with Crippen molar-refractivity contribution in [3.8, 4) is 33.9 Å². The predicted molar refractivity (Wildman–Crippen MR) is 219 cm³/mol. The standard InChI is InChI=1S/C50H33NO/c1-50(2)44-24-11-19-31(48(44)52-49-45(50)25-12-28-51-49)30-26-27-38-34-15-5-8-18-37(34)40-21-9-20-39-35-16-6-3-13-32(35)33-14-4-7-17-36(33)41-22-10-23-42(43(38)29-30)47(41)46(39)40/h3-29H,1-2H3. The molecule has 1 aromatic heterocycles. The highest BCUT2D eigenvalue weighted by atomic mass is 16.5. The van der Waals surface area contributed by atoms with Crippen LogP contribution < -0.4 is 4.74 Å². The molecule has 2 heteroatoms. The zero-order chi connectivity index (χ0) is 34.6. The highest BCUT2D eigenvalue weighted by Crippen LogP contribution is 2.52. The van der Waals surface area contributed by atoms with Gasteiger partial charge in [0, 0.05) is 28.3 Å². The van der Waals surface area contributed by atoms with Crippen LogP contribution in [0, 0.1) is 0 Å². The minimum absolute atomic E-state index is 0.255. The van der Waals surface area contributed by atoms with Gasteiger partial charge in [-0.3, -0.25) is 0 Å². The van der Waals surface area contributed by atoms with Crippen LogP contribution >= 0.6 is 0 Å². The Balaban J connectivity index is 1.35. The Hall–Kier alpha value is -6.51. The molecule has 52 heavy (non-hydrogen) atoms. The van der Waals surface area contributed by atoms with E-state index in [0.717, 1.165) is 22.4 Å². The summed E-state index contributed by atoms with van der Waals surface area (Å²) in [5.41, 5.74) is 6.76. The Labute approximate surface area is 301 Å². The van der Waals surface area contributed by atoms with Crippen molar-refractivity contribution in [2.75, 3.05) is 0 Å².